The Labute approximate surface area is 154 Å². The lowest BCUT2D eigenvalue weighted by Gasteiger charge is -2.24. The zero-order chi connectivity index (χ0) is 18.9. The highest BCUT2D eigenvalue weighted by Crippen LogP contribution is 2.26. The van der Waals surface area contributed by atoms with Crippen molar-refractivity contribution in [2.75, 3.05) is 40.5 Å². The van der Waals surface area contributed by atoms with Crippen molar-refractivity contribution in [1.29, 1.82) is 0 Å². The number of carbonyl (C=O) groups excluding carboxylic acids is 2. The fraction of sp³-hybridized carbons (Fsp3) is 0.579. The summed E-state index contributed by atoms with van der Waals surface area (Å²) >= 11 is 0. The Morgan fingerprint density at radius 2 is 2.08 bits per heavy atom. The van der Waals surface area contributed by atoms with Gasteiger partial charge in [-0.05, 0) is 37.3 Å². The largest absolute Gasteiger partial charge is 0.497 e. The lowest BCUT2D eigenvalue weighted by molar-refractivity contribution is -0.121. The second-order valence-electron chi connectivity index (χ2n) is 6.44. The molecule has 0 saturated carbocycles. The quantitative estimate of drug-likeness (QED) is 0.844. The van der Waals surface area contributed by atoms with Gasteiger partial charge in [-0.15, -0.1) is 0 Å². The molecule has 1 atom stereocenters. The van der Waals surface area contributed by atoms with E-state index in [-0.39, 0.29) is 30.8 Å². The maximum absolute atomic E-state index is 13.0. The number of aliphatic hydroxyl groups is 1. The Morgan fingerprint density at radius 3 is 2.77 bits per heavy atom. The zero-order valence-electron chi connectivity index (χ0n) is 15.5. The Bertz CT molecular complexity index is 620. The molecule has 2 rings (SSSR count). The van der Waals surface area contributed by atoms with E-state index >= 15 is 0 Å². The normalized spacial score (nSPS) is 19.3. The van der Waals surface area contributed by atoms with Crippen molar-refractivity contribution in [1.82, 2.24) is 10.2 Å². The molecule has 1 heterocycles. The first-order valence-corrected chi connectivity index (χ1v) is 8.98. The summed E-state index contributed by atoms with van der Waals surface area (Å²) < 4.78 is 10.5. The third-order valence-corrected chi connectivity index (χ3v) is 4.71. The molecule has 7 heteroatoms. The molecule has 26 heavy (non-hydrogen) atoms. The van der Waals surface area contributed by atoms with Crippen LogP contribution in [-0.2, 0) is 4.79 Å². The number of hydrogen-bond donors (Lipinski definition) is 2. The zero-order valence-corrected chi connectivity index (χ0v) is 15.5. The fourth-order valence-corrected chi connectivity index (χ4v) is 3.10. The Morgan fingerprint density at radius 1 is 1.27 bits per heavy atom. The van der Waals surface area contributed by atoms with Crippen LogP contribution in [-0.4, -0.2) is 62.3 Å². The molecule has 1 aliphatic heterocycles. The molecule has 1 fully saturated rings. The summed E-state index contributed by atoms with van der Waals surface area (Å²) in [5, 5.41) is 12.3. The van der Waals surface area contributed by atoms with Gasteiger partial charge in [0.1, 0.15) is 11.5 Å². The van der Waals surface area contributed by atoms with E-state index in [4.69, 9.17) is 9.47 Å². The standard InChI is InChI=1S/C19H28N2O5/c1-25-15-5-6-16(17(12-15)26-2)19(24)21-10-3-4-14(13-22)7-9-20-18(23)8-11-21/h5-6,12,14,22H,3-4,7-11,13H2,1-2H3,(H,20,23). The van der Waals surface area contributed by atoms with Crippen molar-refractivity contribution in [3.05, 3.63) is 23.8 Å². The van der Waals surface area contributed by atoms with Crippen LogP contribution in [0.25, 0.3) is 0 Å². The number of benzene rings is 1. The van der Waals surface area contributed by atoms with Crippen LogP contribution in [0, 0.1) is 5.92 Å². The van der Waals surface area contributed by atoms with Gasteiger partial charge in [0.2, 0.25) is 5.91 Å². The highest BCUT2D eigenvalue weighted by Gasteiger charge is 2.22. The predicted octanol–water partition coefficient (Wildman–Crippen LogP) is 1.44. The molecule has 144 valence electrons. The fourth-order valence-electron chi connectivity index (χ4n) is 3.10. The highest BCUT2D eigenvalue weighted by molar-refractivity contribution is 5.97. The van der Waals surface area contributed by atoms with Gasteiger partial charge in [-0.25, -0.2) is 0 Å². The Kier molecular flexibility index (Phi) is 7.72. The number of rotatable bonds is 4. The van der Waals surface area contributed by atoms with Crippen molar-refractivity contribution < 1.29 is 24.2 Å². The first-order chi connectivity index (χ1) is 12.6. The van der Waals surface area contributed by atoms with Crippen LogP contribution < -0.4 is 14.8 Å². The van der Waals surface area contributed by atoms with Gasteiger partial charge >= 0.3 is 0 Å². The van der Waals surface area contributed by atoms with Crippen LogP contribution in [0.1, 0.15) is 36.0 Å². The van der Waals surface area contributed by atoms with E-state index < -0.39 is 0 Å². The smallest absolute Gasteiger partial charge is 0.257 e. The lowest BCUT2D eigenvalue weighted by atomic mass is 10.00. The molecule has 0 bridgehead atoms. The highest BCUT2D eigenvalue weighted by atomic mass is 16.5. The minimum absolute atomic E-state index is 0.0805. The maximum Gasteiger partial charge on any atom is 0.257 e. The van der Waals surface area contributed by atoms with E-state index in [2.05, 4.69) is 5.32 Å². The summed E-state index contributed by atoms with van der Waals surface area (Å²) in [5.74, 6) is 0.948. The number of aliphatic hydroxyl groups excluding tert-OH is 1. The van der Waals surface area contributed by atoms with Gasteiger partial charge in [0.05, 0.1) is 19.8 Å². The molecule has 1 aromatic rings. The first kappa shape index (κ1) is 20.0. The molecule has 1 aliphatic rings. The second-order valence-corrected chi connectivity index (χ2v) is 6.44. The number of hydrogen-bond acceptors (Lipinski definition) is 5. The molecule has 2 amide bonds. The molecular weight excluding hydrogens is 336 g/mol. The lowest BCUT2D eigenvalue weighted by Crippen LogP contribution is -2.36. The topological polar surface area (TPSA) is 88.1 Å². The van der Waals surface area contributed by atoms with Crippen molar-refractivity contribution in [2.24, 2.45) is 5.92 Å². The van der Waals surface area contributed by atoms with Crippen LogP contribution in [0.5, 0.6) is 11.5 Å². The molecule has 0 aromatic heterocycles. The number of nitrogens with one attached hydrogen (secondary N) is 1. The molecule has 7 nitrogen and oxygen atoms in total. The van der Waals surface area contributed by atoms with Crippen molar-refractivity contribution in [3.8, 4) is 11.5 Å². The third kappa shape index (κ3) is 5.36. The van der Waals surface area contributed by atoms with Crippen LogP contribution in [0.4, 0.5) is 0 Å². The minimum Gasteiger partial charge on any atom is -0.497 e. The van der Waals surface area contributed by atoms with Gasteiger partial charge in [0.15, 0.2) is 0 Å². The SMILES string of the molecule is COc1ccc(C(=O)N2CCCC(CO)CCNC(=O)CC2)c(OC)c1. The second kappa shape index (κ2) is 10.0. The molecule has 0 aliphatic carbocycles. The van der Waals surface area contributed by atoms with Crippen molar-refractivity contribution in [3.63, 3.8) is 0 Å². The molecule has 1 saturated heterocycles. The molecule has 0 radical (unpaired) electrons. The molecule has 1 unspecified atom stereocenters. The average molecular weight is 364 g/mol. The summed E-state index contributed by atoms with van der Waals surface area (Å²) in [5.41, 5.74) is 0.447. The molecule has 2 N–H and O–H groups in total. The monoisotopic (exact) mass is 364 g/mol. The van der Waals surface area contributed by atoms with Crippen LogP contribution in [0.2, 0.25) is 0 Å². The number of methoxy groups -OCH3 is 2. The summed E-state index contributed by atoms with van der Waals surface area (Å²) in [6, 6.07) is 5.08. The molecular formula is C19H28N2O5. The van der Waals surface area contributed by atoms with Crippen LogP contribution in [0.3, 0.4) is 0 Å². The van der Waals surface area contributed by atoms with Gasteiger partial charge < -0.3 is 24.8 Å². The van der Waals surface area contributed by atoms with E-state index in [0.29, 0.717) is 36.7 Å². The number of nitrogens with zero attached hydrogens (tertiary/aromatic N) is 1. The number of carbonyl (C=O) groups is 2. The molecule has 0 spiro atoms. The first-order valence-electron chi connectivity index (χ1n) is 8.98. The van der Waals surface area contributed by atoms with Gasteiger partial charge in [0, 0.05) is 38.7 Å². The predicted molar refractivity (Wildman–Crippen MR) is 97.5 cm³/mol. The van der Waals surface area contributed by atoms with Gasteiger partial charge in [-0.1, -0.05) is 0 Å². The summed E-state index contributed by atoms with van der Waals surface area (Å²) in [4.78, 5) is 26.7. The Balaban J connectivity index is 2.17. The summed E-state index contributed by atoms with van der Waals surface area (Å²) in [6.07, 6.45) is 2.61. The van der Waals surface area contributed by atoms with Gasteiger partial charge in [0.25, 0.3) is 5.91 Å². The van der Waals surface area contributed by atoms with Crippen molar-refractivity contribution >= 4 is 11.8 Å². The maximum atomic E-state index is 13.0. The number of amides is 2. The van der Waals surface area contributed by atoms with Crippen LogP contribution in [0.15, 0.2) is 18.2 Å². The third-order valence-electron chi connectivity index (χ3n) is 4.71. The number of ether oxygens (including phenoxy) is 2. The van der Waals surface area contributed by atoms with Crippen LogP contribution >= 0.6 is 0 Å². The molecule has 1 aromatic carbocycles. The van der Waals surface area contributed by atoms with Gasteiger partial charge in [-0.3, -0.25) is 9.59 Å². The summed E-state index contributed by atoms with van der Waals surface area (Å²) in [7, 11) is 3.07. The van der Waals surface area contributed by atoms with E-state index in [0.717, 1.165) is 19.3 Å². The van der Waals surface area contributed by atoms with E-state index in [1.807, 2.05) is 0 Å². The minimum atomic E-state index is -0.169. The summed E-state index contributed by atoms with van der Waals surface area (Å²) in [6.45, 7) is 1.54. The Hall–Kier alpha value is -2.28. The van der Waals surface area contributed by atoms with E-state index in [1.165, 1.54) is 7.11 Å². The van der Waals surface area contributed by atoms with Crippen molar-refractivity contribution in [2.45, 2.75) is 25.7 Å². The average Bonchev–Trinajstić information content (AvgIpc) is 2.71. The van der Waals surface area contributed by atoms with E-state index in [9.17, 15) is 14.7 Å². The van der Waals surface area contributed by atoms with Gasteiger partial charge in [-0.2, -0.15) is 0 Å². The van der Waals surface area contributed by atoms with E-state index in [1.54, 1.807) is 30.2 Å².